The van der Waals surface area contributed by atoms with Gasteiger partial charge in [0.2, 0.25) is 11.9 Å². The molecule has 0 aromatic heterocycles. The molecule has 3 amide bonds. The number of rotatable bonds is 6. The Morgan fingerprint density at radius 2 is 1.44 bits per heavy atom. The first-order chi connectivity index (χ1) is 20.0. The number of ether oxygens (including phenoxy) is 2. The lowest BCUT2D eigenvalue weighted by Crippen LogP contribution is -2.51. The van der Waals surface area contributed by atoms with Crippen LogP contribution in [0.4, 0.5) is 9.59 Å². The molecular weight excluding hydrogens is 544 g/mol. The van der Waals surface area contributed by atoms with Gasteiger partial charge in [0.1, 0.15) is 11.2 Å². The molecule has 0 aliphatic heterocycles. The molecule has 1 aliphatic rings. The van der Waals surface area contributed by atoms with Crippen molar-refractivity contribution in [2.24, 2.45) is 16.6 Å². The number of nitrogens with two attached hydrogens (primary N) is 1. The second-order valence-electron chi connectivity index (χ2n) is 12.8. The van der Waals surface area contributed by atoms with Crippen LogP contribution in [0.15, 0.2) is 89.6 Å². The molecule has 0 radical (unpaired) electrons. The first-order valence-corrected chi connectivity index (χ1v) is 14.4. The fourth-order valence-electron chi connectivity index (χ4n) is 4.53. The van der Waals surface area contributed by atoms with Crippen molar-refractivity contribution < 1.29 is 23.9 Å². The summed E-state index contributed by atoms with van der Waals surface area (Å²) in [4.78, 5) is 45.2. The lowest BCUT2D eigenvalue weighted by atomic mass is 9.81. The van der Waals surface area contributed by atoms with E-state index in [0.29, 0.717) is 17.0 Å². The third-order valence-corrected chi connectivity index (χ3v) is 6.86. The zero-order valence-electron chi connectivity index (χ0n) is 26.4. The Morgan fingerprint density at radius 3 is 1.95 bits per heavy atom. The normalized spacial score (nSPS) is 19.6. The Labute approximate surface area is 254 Å². The molecule has 3 rings (SSSR count). The molecule has 0 heterocycles. The van der Waals surface area contributed by atoms with Gasteiger partial charge in [0.25, 0.3) is 0 Å². The van der Waals surface area contributed by atoms with E-state index < -0.39 is 34.8 Å². The number of benzene rings is 2. The number of hydrogen-bond donors (Lipinski definition) is 2. The molecule has 3 atom stereocenters. The topological polar surface area (TPSA) is 123 Å². The number of aliphatic imine (C=N–C) groups is 1. The quantitative estimate of drug-likeness (QED) is 0.295. The van der Waals surface area contributed by atoms with E-state index >= 15 is 0 Å². The Hall–Kier alpha value is -4.40. The smallest absolute Gasteiger partial charge is 0.427 e. The molecule has 0 bridgehead atoms. The van der Waals surface area contributed by atoms with Crippen LogP contribution in [0.5, 0.6) is 0 Å². The highest BCUT2D eigenvalue weighted by molar-refractivity contribution is 6.07. The third-order valence-electron chi connectivity index (χ3n) is 6.86. The first kappa shape index (κ1) is 33.1. The minimum atomic E-state index is -1.02. The Kier molecular flexibility index (Phi) is 10.2. The number of amides is 3. The molecule has 43 heavy (non-hydrogen) atoms. The van der Waals surface area contributed by atoms with E-state index in [1.54, 1.807) is 60.6 Å². The standard InChI is InChI=1S/C34H44N4O5/c1-23-27(36-28(39)26(25-18-13-10-14-19-25)22-24-16-11-9-12-17-24)20-15-21-34(23,8)37-29(35)38(30(40)42-32(2,3)4)31(41)43-33(5,6)7/h9-21,23,26H,22H2,1-8H3,(H2,35,37)(H,36,39). The second kappa shape index (κ2) is 13.3. The number of imide groups is 1. The SMILES string of the molecule is CC1C(NC(=O)C(Cc2ccccc2)c2ccccc2)=CC=CC1(C)N=C(N)N(C(=O)OC(C)(C)C)C(=O)OC(C)(C)C. The number of carbonyl (C=O) groups is 3. The second-order valence-corrected chi connectivity index (χ2v) is 12.8. The summed E-state index contributed by atoms with van der Waals surface area (Å²) in [7, 11) is 0. The Morgan fingerprint density at radius 1 is 0.930 bits per heavy atom. The number of allylic oxidation sites excluding steroid dienone is 2. The van der Waals surface area contributed by atoms with Crippen molar-refractivity contribution in [1.29, 1.82) is 0 Å². The summed E-state index contributed by atoms with van der Waals surface area (Å²) in [5, 5.41) is 3.12. The van der Waals surface area contributed by atoms with Crippen molar-refractivity contribution in [2.45, 2.75) is 84.5 Å². The average Bonchev–Trinajstić information content (AvgIpc) is 2.89. The minimum absolute atomic E-state index is 0.160. The highest BCUT2D eigenvalue weighted by Crippen LogP contribution is 2.33. The van der Waals surface area contributed by atoms with E-state index in [2.05, 4.69) is 10.3 Å². The van der Waals surface area contributed by atoms with Gasteiger partial charge in [-0.2, -0.15) is 0 Å². The van der Waals surface area contributed by atoms with Crippen molar-refractivity contribution in [3.8, 4) is 0 Å². The van der Waals surface area contributed by atoms with Crippen molar-refractivity contribution in [2.75, 3.05) is 0 Å². The van der Waals surface area contributed by atoms with Crippen LogP contribution in [0, 0.1) is 5.92 Å². The maximum atomic E-state index is 13.8. The molecule has 0 saturated carbocycles. The number of guanidine groups is 1. The van der Waals surface area contributed by atoms with E-state index in [0.717, 1.165) is 11.1 Å². The summed E-state index contributed by atoms with van der Waals surface area (Å²) in [5.41, 5.74) is 6.09. The average molecular weight is 589 g/mol. The van der Waals surface area contributed by atoms with Gasteiger partial charge >= 0.3 is 12.2 Å². The van der Waals surface area contributed by atoms with Crippen LogP contribution >= 0.6 is 0 Å². The van der Waals surface area contributed by atoms with Gasteiger partial charge in [-0.3, -0.25) is 4.79 Å². The van der Waals surface area contributed by atoms with Crippen molar-refractivity contribution in [1.82, 2.24) is 10.2 Å². The summed E-state index contributed by atoms with van der Waals surface area (Å²) in [6.07, 6.45) is 3.91. The molecule has 3 N–H and O–H groups in total. The predicted octanol–water partition coefficient (Wildman–Crippen LogP) is 6.46. The summed E-state index contributed by atoms with van der Waals surface area (Å²) >= 11 is 0. The zero-order valence-corrected chi connectivity index (χ0v) is 26.4. The molecule has 0 saturated heterocycles. The third kappa shape index (κ3) is 9.30. The van der Waals surface area contributed by atoms with Gasteiger partial charge in [0, 0.05) is 11.6 Å². The number of hydrogen-bond acceptors (Lipinski definition) is 6. The Balaban J connectivity index is 1.89. The summed E-state index contributed by atoms with van der Waals surface area (Å²) < 4.78 is 10.9. The highest BCUT2D eigenvalue weighted by atomic mass is 16.6. The molecule has 9 heteroatoms. The van der Waals surface area contributed by atoms with Gasteiger partial charge in [-0.1, -0.05) is 79.7 Å². The van der Waals surface area contributed by atoms with Crippen molar-refractivity contribution >= 4 is 24.1 Å². The van der Waals surface area contributed by atoms with Gasteiger partial charge in [-0.05, 0) is 72.1 Å². The largest absolute Gasteiger partial charge is 0.443 e. The van der Waals surface area contributed by atoms with Gasteiger partial charge in [0.05, 0.1) is 11.5 Å². The number of nitrogens with zero attached hydrogens (tertiary/aromatic N) is 2. The summed E-state index contributed by atoms with van der Waals surface area (Å²) in [5.74, 6) is -1.36. The minimum Gasteiger partial charge on any atom is -0.443 e. The molecule has 230 valence electrons. The van der Waals surface area contributed by atoms with Crippen LogP contribution < -0.4 is 11.1 Å². The van der Waals surface area contributed by atoms with Gasteiger partial charge in [-0.25, -0.2) is 14.6 Å². The fraction of sp³-hybridized carbons (Fsp3) is 0.412. The van der Waals surface area contributed by atoms with Crippen LogP contribution in [0.25, 0.3) is 0 Å². The Bertz CT molecular complexity index is 1360. The maximum Gasteiger partial charge on any atom is 0.427 e. The molecular formula is C34H44N4O5. The zero-order chi connectivity index (χ0) is 32.0. The number of carbonyl (C=O) groups excluding carboxylic acids is 3. The molecule has 0 spiro atoms. The van der Waals surface area contributed by atoms with Crippen molar-refractivity contribution in [3.05, 3.63) is 95.7 Å². The van der Waals surface area contributed by atoms with Crippen LogP contribution in [0.2, 0.25) is 0 Å². The van der Waals surface area contributed by atoms with E-state index in [-0.39, 0.29) is 17.8 Å². The molecule has 2 aromatic rings. The van der Waals surface area contributed by atoms with Gasteiger partial charge < -0.3 is 20.5 Å². The van der Waals surface area contributed by atoms with E-state index in [1.165, 1.54) is 0 Å². The maximum absolute atomic E-state index is 13.8. The lowest BCUT2D eigenvalue weighted by Gasteiger charge is -2.35. The van der Waals surface area contributed by atoms with Crippen LogP contribution in [-0.2, 0) is 20.7 Å². The number of nitrogens with one attached hydrogen (secondary N) is 1. The van der Waals surface area contributed by atoms with Crippen LogP contribution in [0.3, 0.4) is 0 Å². The lowest BCUT2D eigenvalue weighted by molar-refractivity contribution is -0.122. The summed E-state index contributed by atoms with van der Waals surface area (Å²) in [6, 6.07) is 19.5. The van der Waals surface area contributed by atoms with E-state index in [4.69, 9.17) is 15.2 Å². The molecule has 2 aromatic carbocycles. The van der Waals surface area contributed by atoms with Gasteiger partial charge in [0.15, 0.2) is 0 Å². The van der Waals surface area contributed by atoms with Crippen molar-refractivity contribution in [3.63, 3.8) is 0 Å². The highest BCUT2D eigenvalue weighted by Gasteiger charge is 2.39. The van der Waals surface area contributed by atoms with Crippen LogP contribution in [-0.4, -0.2) is 45.7 Å². The molecule has 3 unspecified atom stereocenters. The van der Waals surface area contributed by atoms with E-state index in [9.17, 15) is 14.4 Å². The summed E-state index contributed by atoms with van der Waals surface area (Å²) in [6.45, 7) is 13.8. The monoisotopic (exact) mass is 588 g/mol. The van der Waals surface area contributed by atoms with Crippen LogP contribution in [0.1, 0.15) is 72.4 Å². The fourth-order valence-corrected chi connectivity index (χ4v) is 4.53. The van der Waals surface area contributed by atoms with E-state index in [1.807, 2.05) is 73.7 Å². The molecule has 0 fully saturated rings. The first-order valence-electron chi connectivity index (χ1n) is 14.4. The van der Waals surface area contributed by atoms with Gasteiger partial charge in [-0.15, -0.1) is 4.90 Å². The predicted molar refractivity (Wildman–Crippen MR) is 168 cm³/mol. The molecule has 1 aliphatic carbocycles. The molecule has 9 nitrogen and oxygen atoms in total.